The summed E-state index contributed by atoms with van der Waals surface area (Å²) in [4.78, 5) is -1.25. The minimum Gasteiger partial charge on any atom is -0.394 e. The van der Waals surface area contributed by atoms with Gasteiger partial charge in [0.05, 0.1) is 11.5 Å². The summed E-state index contributed by atoms with van der Waals surface area (Å²) in [5, 5.41) is 9.52. The quantitative estimate of drug-likeness (QED) is 0.857. The van der Waals surface area contributed by atoms with E-state index in [-0.39, 0.29) is 11.5 Å². The molecule has 0 unspecified atom stereocenters. The smallest absolute Gasteiger partial charge is 0.233 e. The molecule has 2 aliphatic heterocycles. The van der Waals surface area contributed by atoms with Crippen molar-refractivity contribution in [2.24, 2.45) is 0 Å². The van der Waals surface area contributed by atoms with Crippen LogP contribution in [0.1, 0.15) is 17.2 Å². The number of aryl methyl sites for hydroxylation is 1. The highest BCUT2D eigenvalue weighted by molar-refractivity contribution is 7.93. The molecular weight excluding hydrogens is 328 g/mol. The first-order valence-electron chi connectivity index (χ1n) is 7.81. The zero-order valence-electron chi connectivity index (χ0n) is 13.1. The fourth-order valence-corrected chi connectivity index (χ4v) is 5.41. The second kappa shape index (κ2) is 5.39. The monoisotopic (exact) mass is 346 g/mol. The van der Waals surface area contributed by atoms with Crippen molar-refractivity contribution in [3.63, 3.8) is 0 Å². The van der Waals surface area contributed by atoms with Gasteiger partial charge in [-0.05, 0) is 24.6 Å². The lowest BCUT2D eigenvalue weighted by molar-refractivity contribution is -0.0589. The van der Waals surface area contributed by atoms with Gasteiger partial charge in [0.1, 0.15) is 18.3 Å². The molecular formula is C18H18O5S. The fourth-order valence-electron chi connectivity index (χ4n) is 3.39. The van der Waals surface area contributed by atoms with Crippen molar-refractivity contribution in [2.45, 2.75) is 35.1 Å². The number of hydrogen-bond acceptors (Lipinski definition) is 5. The summed E-state index contributed by atoms with van der Waals surface area (Å²) < 4.78 is 38.1. The maximum Gasteiger partial charge on any atom is 0.233 e. The molecule has 0 aromatic heterocycles. The van der Waals surface area contributed by atoms with E-state index in [1.807, 2.05) is 37.3 Å². The molecule has 2 aromatic carbocycles. The van der Waals surface area contributed by atoms with Gasteiger partial charge < -0.3 is 14.6 Å². The molecule has 0 aliphatic carbocycles. The van der Waals surface area contributed by atoms with Crippen LogP contribution < -0.4 is 0 Å². The number of aliphatic hydroxyl groups excluding tert-OH is 1. The summed E-state index contributed by atoms with van der Waals surface area (Å²) in [5.74, 6) is 0. The maximum absolute atomic E-state index is 13.3. The second-order valence-electron chi connectivity index (χ2n) is 6.22. The second-order valence-corrected chi connectivity index (χ2v) is 8.34. The SMILES string of the molecule is Cc1ccc(S(=O)(=O)[C@@]23O[C@@H]2[C@@H](CO)O[C@H]3c2ccccc2)cc1. The van der Waals surface area contributed by atoms with Crippen molar-refractivity contribution in [3.05, 3.63) is 65.7 Å². The molecule has 6 heteroatoms. The summed E-state index contributed by atoms with van der Waals surface area (Å²) in [6.45, 7) is 1.62. The van der Waals surface area contributed by atoms with Crippen LogP contribution in [0.5, 0.6) is 0 Å². The molecule has 1 N–H and O–H groups in total. The molecule has 2 aromatic rings. The number of aliphatic hydroxyl groups is 1. The number of sulfone groups is 1. The van der Waals surface area contributed by atoms with E-state index in [0.717, 1.165) is 11.1 Å². The van der Waals surface area contributed by atoms with Crippen LogP contribution in [0.2, 0.25) is 0 Å². The topological polar surface area (TPSA) is 76.1 Å². The van der Waals surface area contributed by atoms with Crippen molar-refractivity contribution < 1.29 is 23.0 Å². The van der Waals surface area contributed by atoms with Crippen LogP contribution in [0, 0.1) is 6.92 Å². The molecule has 126 valence electrons. The first kappa shape index (κ1) is 15.8. The van der Waals surface area contributed by atoms with Crippen LogP contribution in [0.25, 0.3) is 0 Å². The normalized spacial score (nSPS) is 31.7. The van der Waals surface area contributed by atoms with Crippen molar-refractivity contribution in [3.8, 4) is 0 Å². The van der Waals surface area contributed by atoms with E-state index >= 15 is 0 Å². The zero-order valence-corrected chi connectivity index (χ0v) is 13.9. The van der Waals surface area contributed by atoms with Crippen molar-refractivity contribution in [1.82, 2.24) is 0 Å². The third kappa shape index (κ3) is 2.07. The first-order valence-corrected chi connectivity index (χ1v) is 9.29. The summed E-state index contributed by atoms with van der Waals surface area (Å²) in [6, 6.07) is 15.8. The molecule has 2 aliphatic rings. The van der Waals surface area contributed by atoms with Gasteiger partial charge in [-0.2, -0.15) is 0 Å². The summed E-state index contributed by atoms with van der Waals surface area (Å²) >= 11 is 0. The van der Waals surface area contributed by atoms with E-state index < -0.39 is 33.1 Å². The van der Waals surface area contributed by atoms with E-state index in [1.54, 1.807) is 24.3 Å². The lowest BCUT2D eigenvalue weighted by Crippen LogP contribution is -2.31. The van der Waals surface area contributed by atoms with Crippen molar-refractivity contribution >= 4 is 9.84 Å². The number of rotatable bonds is 4. The number of epoxide rings is 1. The number of benzene rings is 2. The van der Waals surface area contributed by atoms with Crippen LogP contribution >= 0.6 is 0 Å². The van der Waals surface area contributed by atoms with Gasteiger partial charge in [0.2, 0.25) is 14.8 Å². The Morgan fingerprint density at radius 3 is 2.38 bits per heavy atom. The van der Waals surface area contributed by atoms with Crippen molar-refractivity contribution in [1.29, 1.82) is 0 Å². The van der Waals surface area contributed by atoms with Gasteiger partial charge in [-0.1, -0.05) is 48.0 Å². The highest BCUT2D eigenvalue weighted by Crippen LogP contribution is 2.61. The molecule has 5 nitrogen and oxygen atoms in total. The minimum atomic E-state index is -3.78. The van der Waals surface area contributed by atoms with Crippen LogP contribution in [-0.4, -0.2) is 37.3 Å². The van der Waals surface area contributed by atoms with Crippen LogP contribution in [0.4, 0.5) is 0 Å². The van der Waals surface area contributed by atoms with Gasteiger partial charge in [-0.25, -0.2) is 8.42 Å². The Hall–Kier alpha value is -1.73. The third-order valence-corrected chi connectivity index (χ3v) is 6.97. The molecule has 0 spiro atoms. The highest BCUT2D eigenvalue weighted by atomic mass is 32.2. The van der Waals surface area contributed by atoms with Crippen LogP contribution in [0.3, 0.4) is 0 Å². The summed E-state index contributed by atoms with van der Waals surface area (Å²) in [6.07, 6.45) is -2.05. The van der Waals surface area contributed by atoms with Crippen LogP contribution in [-0.2, 0) is 19.3 Å². The van der Waals surface area contributed by atoms with Gasteiger partial charge in [0.25, 0.3) is 0 Å². The molecule has 4 rings (SSSR count). The summed E-state index contributed by atoms with van der Waals surface area (Å²) in [7, 11) is -3.78. The zero-order chi connectivity index (χ0) is 16.9. The maximum atomic E-state index is 13.3. The third-order valence-electron chi connectivity index (χ3n) is 4.70. The van der Waals surface area contributed by atoms with E-state index in [9.17, 15) is 13.5 Å². The minimum absolute atomic E-state index is 0.207. The molecule has 2 saturated heterocycles. The van der Waals surface area contributed by atoms with Gasteiger partial charge in [-0.3, -0.25) is 0 Å². The largest absolute Gasteiger partial charge is 0.394 e. The average Bonchev–Trinajstić information content (AvgIpc) is 3.27. The number of hydrogen-bond donors (Lipinski definition) is 1. The Morgan fingerprint density at radius 1 is 1.08 bits per heavy atom. The Morgan fingerprint density at radius 2 is 1.75 bits per heavy atom. The molecule has 0 radical (unpaired) electrons. The van der Waals surface area contributed by atoms with Crippen molar-refractivity contribution in [2.75, 3.05) is 6.61 Å². The molecule has 0 amide bonds. The Bertz CT molecular complexity index is 847. The number of ether oxygens (including phenoxy) is 2. The molecule has 24 heavy (non-hydrogen) atoms. The lowest BCUT2D eigenvalue weighted by atomic mass is 10.1. The van der Waals surface area contributed by atoms with Gasteiger partial charge in [0.15, 0.2) is 0 Å². The van der Waals surface area contributed by atoms with Gasteiger partial charge in [0, 0.05) is 0 Å². The Kier molecular flexibility index (Phi) is 3.54. The van der Waals surface area contributed by atoms with E-state index in [0.29, 0.717) is 0 Å². The van der Waals surface area contributed by atoms with E-state index in [1.165, 1.54) is 0 Å². The molecule has 2 heterocycles. The van der Waals surface area contributed by atoms with E-state index in [2.05, 4.69) is 0 Å². The predicted molar refractivity (Wildman–Crippen MR) is 87.1 cm³/mol. The lowest BCUT2D eigenvalue weighted by Gasteiger charge is -2.22. The number of fused-ring (bicyclic) bond motifs is 1. The molecule has 4 atom stereocenters. The van der Waals surface area contributed by atoms with Gasteiger partial charge in [-0.15, -0.1) is 0 Å². The standard InChI is InChI=1S/C18H18O5S/c1-12-7-9-14(10-8-12)24(20,21)18-16(13-5-3-2-4-6-13)22-15(11-19)17(18)23-18/h2-10,15-17,19H,11H2,1H3/t15-,16+,17-,18-/m1/s1. The van der Waals surface area contributed by atoms with Gasteiger partial charge >= 0.3 is 0 Å². The fraction of sp³-hybridized carbons (Fsp3) is 0.333. The Balaban J connectivity index is 1.81. The predicted octanol–water partition coefficient (Wildman–Crippen LogP) is 2.00. The Labute approximate surface area is 140 Å². The van der Waals surface area contributed by atoms with Crippen LogP contribution in [0.15, 0.2) is 59.5 Å². The highest BCUT2D eigenvalue weighted by Gasteiger charge is 2.78. The average molecular weight is 346 g/mol. The molecule has 2 fully saturated rings. The summed E-state index contributed by atoms with van der Waals surface area (Å²) in [5.41, 5.74) is 1.71. The first-order chi connectivity index (χ1) is 11.5. The van der Waals surface area contributed by atoms with E-state index in [4.69, 9.17) is 9.47 Å². The molecule has 0 bridgehead atoms. The molecule has 0 saturated carbocycles.